The Morgan fingerprint density at radius 1 is 0.514 bits per heavy atom. The molecule has 0 radical (unpaired) electrons. The number of rotatable bonds is 2. The summed E-state index contributed by atoms with van der Waals surface area (Å²) in [5, 5.41) is 6.48. The van der Waals surface area contributed by atoms with Gasteiger partial charge in [-0.15, -0.1) is 11.3 Å². The molecule has 0 aliphatic heterocycles. The van der Waals surface area contributed by atoms with Crippen LogP contribution in [0, 0.1) is 0 Å². The molecule has 8 aromatic rings. The van der Waals surface area contributed by atoms with Crippen LogP contribution in [0.4, 0.5) is 0 Å². The van der Waals surface area contributed by atoms with Gasteiger partial charge in [-0.2, -0.15) is 0 Å². The summed E-state index contributed by atoms with van der Waals surface area (Å²) in [6, 6.07) is 41.7. The minimum Gasteiger partial charge on any atom is -0.315 e. The predicted octanol–water partition coefficient (Wildman–Crippen LogP) is 9.10. The predicted molar refractivity (Wildman–Crippen MR) is 151 cm³/mol. The molecular formula is C32H20N2S. The van der Waals surface area contributed by atoms with Crippen LogP contribution in [0.5, 0.6) is 0 Å². The second kappa shape index (κ2) is 7.08. The molecule has 0 bridgehead atoms. The van der Waals surface area contributed by atoms with Crippen molar-refractivity contribution in [3.8, 4) is 11.4 Å². The Morgan fingerprint density at radius 3 is 2.20 bits per heavy atom. The lowest BCUT2D eigenvalue weighted by Gasteiger charge is -2.10. The van der Waals surface area contributed by atoms with Crippen LogP contribution >= 0.6 is 11.3 Å². The van der Waals surface area contributed by atoms with E-state index >= 15 is 0 Å². The van der Waals surface area contributed by atoms with Gasteiger partial charge in [0.2, 0.25) is 0 Å². The monoisotopic (exact) mass is 464 g/mol. The zero-order chi connectivity index (χ0) is 22.9. The fourth-order valence-electron chi connectivity index (χ4n) is 5.59. The summed E-state index contributed by atoms with van der Waals surface area (Å²) in [5.74, 6) is 0. The van der Waals surface area contributed by atoms with Crippen molar-refractivity contribution in [2.24, 2.45) is 0 Å². The Labute approximate surface area is 205 Å². The number of para-hydroxylation sites is 2. The van der Waals surface area contributed by atoms with Crippen LogP contribution in [-0.2, 0) is 0 Å². The quantitative estimate of drug-likeness (QED) is 0.241. The van der Waals surface area contributed by atoms with Crippen molar-refractivity contribution < 1.29 is 0 Å². The topological polar surface area (TPSA) is 9.86 Å². The third kappa shape index (κ3) is 2.64. The molecule has 0 amide bonds. The van der Waals surface area contributed by atoms with Crippen molar-refractivity contribution >= 4 is 64.2 Å². The van der Waals surface area contributed by atoms with Gasteiger partial charge in [0.05, 0.1) is 26.9 Å². The van der Waals surface area contributed by atoms with Crippen molar-refractivity contribution in [2.45, 2.75) is 0 Å². The fourth-order valence-corrected chi connectivity index (χ4v) is 6.80. The molecule has 0 saturated carbocycles. The summed E-state index contributed by atoms with van der Waals surface area (Å²) in [5.41, 5.74) is 6.11. The van der Waals surface area contributed by atoms with E-state index in [9.17, 15) is 0 Å². The minimum atomic E-state index is 1.18. The van der Waals surface area contributed by atoms with Gasteiger partial charge in [0.25, 0.3) is 0 Å². The maximum absolute atomic E-state index is 2.39. The second-order valence-electron chi connectivity index (χ2n) is 9.05. The molecule has 3 heteroatoms. The highest BCUT2D eigenvalue weighted by Gasteiger charge is 2.16. The Bertz CT molecular complexity index is 2050. The highest BCUT2D eigenvalue weighted by Crippen LogP contribution is 2.40. The van der Waals surface area contributed by atoms with E-state index in [1.165, 1.54) is 64.3 Å². The van der Waals surface area contributed by atoms with E-state index in [0.29, 0.717) is 0 Å². The molecule has 0 atom stereocenters. The van der Waals surface area contributed by atoms with Crippen LogP contribution in [0.2, 0.25) is 0 Å². The van der Waals surface area contributed by atoms with Crippen LogP contribution in [0.3, 0.4) is 0 Å². The van der Waals surface area contributed by atoms with E-state index in [4.69, 9.17) is 0 Å². The summed E-state index contributed by atoms with van der Waals surface area (Å²) in [6.07, 6.45) is 2.22. The number of thiophene rings is 1. The van der Waals surface area contributed by atoms with Gasteiger partial charge >= 0.3 is 0 Å². The zero-order valence-corrected chi connectivity index (χ0v) is 19.7. The molecule has 5 aromatic carbocycles. The average Bonchev–Trinajstić information content (AvgIpc) is 3.59. The Kier molecular flexibility index (Phi) is 3.85. The molecule has 3 heterocycles. The van der Waals surface area contributed by atoms with Crippen molar-refractivity contribution in [3.05, 3.63) is 121 Å². The van der Waals surface area contributed by atoms with E-state index < -0.39 is 0 Å². The molecule has 0 spiro atoms. The lowest BCUT2D eigenvalue weighted by Crippen LogP contribution is -1.95. The number of nitrogens with zero attached hydrogens (tertiary/aromatic N) is 2. The summed E-state index contributed by atoms with van der Waals surface area (Å²) < 4.78 is 7.41. The molecule has 0 fully saturated rings. The molecule has 3 aromatic heterocycles. The van der Waals surface area contributed by atoms with E-state index in [0.717, 1.165) is 0 Å². The SMILES string of the molecule is c1ccc(-n2c3ccccc3c3cc4ccn(-c5cccc6c5sc5ccccc56)c4cc32)cc1. The normalized spacial score (nSPS) is 12.0. The van der Waals surface area contributed by atoms with Gasteiger partial charge in [-0.25, -0.2) is 0 Å². The average molecular weight is 465 g/mol. The number of benzene rings is 5. The van der Waals surface area contributed by atoms with Gasteiger partial charge in [0, 0.05) is 43.5 Å². The molecule has 2 nitrogen and oxygen atoms in total. The molecular weight excluding hydrogens is 444 g/mol. The van der Waals surface area contributed by atoms with Gasteiger partial charge in [0.15, 0.2) is 0 Å². The maximum Gasteiger partial charge on any atom is 0.0634 e. The molecule has 0 N–H and O–H groups in total. The second-order valence-corrected chi connectivity index (χ2v) is 10.1. The molecule has 0 unspecified atom stereocenters. The smallest absolute Gasteiger partial charge is 0.0634 e. The first-order chi connectivity index (χ1) is 17.4. The third-order valence-corrected chi connectivity index (χ3v) is 8.35. The first kappa shape index (κ1) is 19.0. The Balaban J connectivity index is 1.47. The summed E-state index contributed by atoms with van der Waals surface area (Å²) >= 11 is 1.88. The maximum atomic E-state index is 2.39. The highest BCUT2D eigenvalue weighted by molar-refractivity contribution is 7.26. The van der Waals surface area contributed by atoms with Crippen LogP contribution in [-0.4, -0.2) is 9.13 Å². The number of hydrogen-bond acceptors (Lipinski definition) is 1. The van der Waals surface area contributed by atoms with Crippen LogP contribution in [0.1, 0.15) is 0 Å². The summed E-state index contributed by atoms with van der Waals surface area (Å²) in [6.45, 7) is 0. The molecule has 8 rings (SSSR count). The van der Waals surface area contributed by atoms with E-state index in [2.05, 4.69) is 131 Å². The lowest BCUT2D eigenvalue weighted by atomic mass is 10.1. The zero-order valence-electron chi connectivity index (χ0n) is 18.8. The van der Waals surface area contributed by atoms with Gasteiger partial charge in [-0.3, -0.25) is 0 Å². The first-order valence-corrected chi connectivity index (χ1v) is 12.7. The summed E-state index contributed by atoms with van der Waals surface area (Å²) in [4.78, 5) is 0. The molecule has 164 valence electrons. The van der Waals surface area contributed by atoms with E-state index in [1.54, 1.807) is 0 Å². The molecule has 0 aliphatic carbocycles. The number of aromatic nitrogens is 2. The van der Waals surface area contributed by atoms with Crippen LogP contribution < -0.4 is 0 Å². The first-order valence-electron chi connectivity index (χ1n) is 11.9. The van der Waals surface area contributed by atoms with Gasteiger partial charge in [0.1, 0.15) is 0 Å². The van der Waals surface area contributed by atoms with Crippen LogP contribution in [0.15, 0.2) is 121 Å². The van der Waals surface area contributed by atoms with Crippen LogP contribution in [0.25, 0.3) is 64.3 Å². The molecule has 35 heavy (non-hydrogen) atoms. The van der Waals surface area contributed by atoms with Crippen molar-refractivity contribution in [3.63, 3.8) is 0 Å². The number of fused-ring (bicyclic) bond motifs is 7. The fraction of sp³-hybridized carbons (Fsp3) is 0. The number of hydrogen-bond donors (Lipinski definition) is 0. The van der Waals surface area contributed by atoms with E-state index in [-0.39, 0.29) is 0 Å². The summed E-state index contributed by atoms with van der Waals surface area (Å²) in [7, 11) is 0. The van der Waals surface area contributed by atoms with Crippen molar-refractivity contribution in [1.29, 1.82) is 0 Å². The molecule has 0 aliphatic rings. The van der Waals surface area contributed by atoms with Gasteiger partial charge in [-0.1, -0.05) is 66.7 Å². The Hall–Kier alpha value is -4.34. The van der Waals surface area contributed by atoms with E-state index in [1.807, 2.05) is 11.3 Å². The van der Waals surface area contributed by atoms with Gasteiger partial charge < -0.3 is 9.13 Å². The highest BCUT2D eigenvalue weighted by atomic mass is 32.1. The largest absolute Gasteiger partial charge is 0.315 e. The van der Waals surface area contributed by atoms with Crippen molar-refractivity contribution in [1.82, 2.24) is 9.13 Å². The van der Waals surface area contributed by atoms with Crippen molar-refractivity contribution in [2.75, 3.05) is 0 Å². The third-order valence-electron chi connectivity index (χ3n) is 7.14. The Morgan fingerprint density at radius 2 is 1.29 bits per heavy atom. The minimum absolute atomic E-state index is 1.18. The molecule has 0 saturated heterocycles. The van der Waals surface area contributed by atoms with Gasteiger partial charge in [-0.05, 0) is 48.5 Å². The lowest BCUT2D eigenvalue weighted by molar-refractivity contribution is 1.14. The standard InChI is InChI=1S/C32H20N2S/c1-2-9-22(10-3-1)34-27-14-6-4-11-23(27)26-19-21-17-18-33(29(21)20-30(26)34)28-15-8-13-25-24-12-5-7-16-31(24)35-32(25)28/h1-20H.